The number of nitrogens with one attached hydrogen (secondary N) is 2. The van der Waals surface area contributed by atoms with Crippen LogP contribution in [0.25, 0.3) is 0 Å². The van der Waals surface area contributed by atoms with Gasteiger partial charge in [-0.1, -0.05) is 19.3 Å². The average Bonchev–Trinajstić information content (AvgIpc) is 2.93. The third-order valence-electron chi connectivity index (χ3n) is 5.57. The largest absolute Gasteiger partial charge is 0.376 e. The number of urea groups is 1. The molecule has 3 rings (SSSR count). The van der Waals surface area contributed by atoms with Gasteiger partial charge in [0.1, 0.15) is 0 Å². The first kappa shape index (κ1) is 16.1. The zero-order valence-electron chi connectivity index (χ0n) is 13.9. The van der Waals surface area contributed by atoms with Gasteiger partial charge in [-0.3, -0.25) is 4.90 Å². The van der Waals surface area contributed by atoms with Crippen molar-refractivity contribution in [3.63, 3.8) is 0 Å². The highest BCUT2D eigenvalue weighted by molar-refractivity contribution is 5.74. The number of nitrogens with zero attached hydrogens (tertiary/aromatic N) is 1. The van der Waals surface area contributed by atoms with Crippen LogP contribution in [0.15, 0.2) is 0 Å². The highest BCUT2D eigenvalue weighted by atomic mass is 16.5. The summed E-state index contributed by atoms with van der Waals surface area (Å²) in [5, 5.41) is 6.26. The van der Waals surface area contributed by atoms with Crippen LogP contribution in [-0.2, 0) is 4.74 Å². The molecule has 2 saturated heterocycles. The molecule has 2 heterocycles. The molecule has 126 valence electrons. The van der Waals surface area contributed by atoms with Crippen molar-refractivity contribution in [1.82, 2.24) is 15.5 Å². The first-order valence-corrected chi connectivity index (χ1v) is 9.15. The first-order valence-electron chi connectivity index (χ1n) is 9.15. The lowest BCUT2D eigenvalue weighted by Crippen LogP contribution is -2.54. The van der Waals surface area contributed by atoms with Crippen molar-refractivity contribution < 1.29 is 9.53 Å². The Morgan fingerprint density at radius 2 is 1.86 bits per heavy atom. The summed E-state index contributed by atoms with van der Waals surface area (Å²) in [6, 6.07) is 1.20. The van der Waals surface area contributed by atoms with E-state index in [9.17, 15) is 4.79 Å². The quantitative estimate of drug-likeness (QED) is 0.841. The van der Waals surface area contributed by atoms with Crippen LogP contribution >= 0.6 is 0 Å². The summed E-state index contributed by atoms with van der Waals surface area (Å²) in [4.78, 5) is 14.8. The molecule has 3 fully saturated rings. The van der Waals surface area contributed by atoms with E-state index < -0.39 is 0 Å². The zero-order chi connectivity index (χ0) is 15.4. The van der Waals surface area contributed by atoms with Crippen molar-refractivity contribution in [3.05, 3.63) is 0 Å². The SMILES string of the molecule is C[C@@H]1OCC[C@@H]1NC(=O)N[C@@H]1CCCN(C2CCCCC2)C1. The maximum atomic E-state index is 12.2. The third-order valence-corrected chi connectivity index (χ3v) is 5.57. The molecule has 0 aromatic carbocycles. The molecule has 5 nitrogen and oxygen atoms in total. The van der Waals surface area contributed by atoms with Crippen molar-refractivity contribution in [2.45, 2.75) is 82.5 Å². The summed E-state index contributed by atoms with van der Waals surface area (Å²) >= 11 is 0. The number of ether oxygens (including phenoxy) is 1. The number of carbonyl (C=O) groups excluding carboxylic acids is 1. The van der Waals surface area contributed by atoms with E-state index in [2.05, 4.69) is 15.5 Å². The molecular weight excluding hydrogens is 278 g/mol. The van der Waals surface area contributed by atoms with E-state index in [4.69, 9.17) is 4.74 Å². The lowest BCUT2D eigenvalue weighted by atomic mass is 9.92. The van der Waals surface area contributed by atoms with Crippen LogP contribution in [0, 0.1) is 0 Å². The molecule has 2 aliphatic heterocycles. The number of likely N-dealkylation sites (tertiary alicyclic amines) is 1. The summed E-state index contributed by atoms with van der Waals surface area (Å²) in [6.45, 7) is 5.02. The number of carbonyl (C=O) groups is 1. The second kappa shape index (κ2) is 7.64. The molecule has 3 atom stereocenters. The van der Waals surface area contributed by atoms with E-state index in [0.717, 1.165) is 32.0 Å². The molecular formula is C17H31N3O2. The third kappa shape index (κ3) is 4.13. The van der Waals surface area contributed by atoms with Crippen LogP contribution in [0.1, 0.15) is 58.3 Å². The molecule has 0 aromatic heterocycles. The Morgan fingerprint density at radius 3 is 2.59 bits per heavy atom. The van der Waals surface area contributed by atoms with Gasteiger partial charge < -0.3 is 15.4 Å². The predicted molar refractivity (Wildman–Crippen MR) is 87.0 cm³/mol. The van der Waals surface area contributed by atoms with Gasteiger partial charge >= 0.3 is 6.03 Å². The fraction of sp³-hybridized carbons (Fsp3) is 0.941. The lowest BCUT2D eigenvalue weighted by Gasteiger charge is -2.40. The lowest BCUT2D eigenvalue weighted by molar-refractivity contribution is 0.107. The molecule has 2 amide bonds. The molecule has 2 N–H and O–H groups in total. The van der Waals surface area contributed by atoms with Crippen LogP contribution in [0.5, 0.6) is 0 Å². The van der Waals surface area contributed by atoms with Crippen molar-refractivity contribution in [2.24, 2.45) is 0 Å². The molecule has 0 unspecified atom stereocenters. The Bertz CT molecular complexity index is 371. The Labute approximate surface area is 134 Å². The monoisotopic (exact) mass is 309 g/mol. The van der Waals surface area contributed by atoms with Gasteiger partial charge in [0.25, 0.3) is 0 Å². The highest BCUT2D eigenvalue weighted by Crippen LogP contribution is 2.25. The van der Waals surface area contributed by atoms with Gasteiger partial charge in [-0.25, -0.2) is 4.79 Å². The standard InChI is InChI=1S/C17H31N3O2/c1-13-16(9-11-22-13)19-17(21)18-14-6-5-10-20(12-14)15-7-3-2-4-8-15/h13-16H,2-12H2,1H3,(H2,18,19,21)/t13-,14+,16-/m0/s1. The normalized spacial score (nSPS) is 34.5. The van der Waals surface area contributed by atoms with Crippen LogP contribution in [0.2, 0.25) is 0 Å². The maximum absolute atomic E-state index is 12.2. The minimum Gasteiger partial charge on any atom is -0.376 e. The molecule has 0 aromatic rings. The van der Waals surface area contributed by atoms with Gasteiger partial charge in [0.05, 0.1) is 12.1 Å². The summed E-state index contributed by atoms with van der Waals surface area (Å²) in [7, 11) is 0. The molecule has 0 bridgehead atoms. The number of piperidine rings is 1. The molecule has 5 heteroatoms. The molecule has 0 radical (unpaired) electrons. The van der Waals surface area contributed by atoms with Crippen LogP contribution in [0.3, 0.4) is 0 Å². The number of amides is 2. The predicted octanol–water partition coefficient (Wildman–Crippen LogP) is 2.26. The fourth-order valence-corrected chi connectivity index (χ4v) is 4.22. The smallest absolute Gasteiger partial charge is 0.315 e. The Morgan fingerprint density at radius 1 is 1.05 bits per heavy atom. The van der Waals surface area contributed by atoms with Crippen molar-refractivity contribution in [2.75, 3.05) is 19.7 Å². The maximum Gasteiger partial charge on any atom is 0.315 e. The van der Waals surface area contributed by atoms with Gasteiger partial charge in [-0.05, 0) is 45.6 Å². The molecule has 3 aliphatic rings. The molecule has 0 spiro atoms. The fourth-order valence-electron chi connectivity index (χ4n) is 4.22. The second-order valence-corrected chi connectivity index (χ2v) is 7.21. The van der Waals surface area contributed by atoms with Crippen LogP contribution in [0.4, 0.5) is 4.79 Å². The number of hydrogen-bond donors (Lipinski definition) is 2. The van der Waals surface area contributed by atoms with E-state index in [-0.39, 0.29) is 18.2 Å². The summed E-state index contributed by atoms with van der Waals surface area (Å²) in [5.41, 5.74) is 0. The summed E-state index contributed by atoms with van der Waals surface area (Å²) in [5.74, 6) is 0. The minimum atomic E-state index is -0.0159. The first-order chi connectivity index (χ1) is 10.7. The van der Waals surface area contributed by atoms with Gasteiger partial charge in [0, 0.05) is 25.2 Å². The van der Waals surface area contributed by atoms with Gasteiger partial charge in [0.15, 0.2) is 0 Å². The summed E-state index contributed by atoms with van der Waals surface area (Å²) < 4.78 is 5.50. The molecule has 22 heavy (non-hydrogen) atoms. The van der Waals surface area contributed by atoms with Crippen molar-refractivity contribution in [3.8, 4) is 0 Å². The average molecular weight is 309 g/mol. The molecule has 1 aliphatic carbocycles. The number of rotatable bonds is 3. The Balaban J connectivity index is 1.44. The van der Waals surface area contributed by atoms with E-state index >= 15 is 0 Å². The van der Waals surface area contributed by atoms with Crippen LogP contribution < -0.4 is 10.6 Å². The van der Waals surface area contributed by atoms with Gasteiger partial charge in [-0.15, -0.1) is 0 Å². The topological polar surface area (TPSA) is 53.6 Å². The highest BCUT2D eigenvalue weighted by Gasteiger charge is 2.29. The van der Waals surface area contributed by atoms with E-state index in [1.165, 1.54) is 45.1 Å². The van der Waals surface area contributed by atoms with E-state index in [1.54, 1.807) is 0 Å². The summed E-state index contributed by atoms with van der Waals surface area (Å²) in [6.07, 6.45) is 10.2. The second-order valence-electron chi connectivity index (χ2n) is 7.21. The van der Waals surface area contributed by atoms with Gasteiger partial charge in [-0.2, -0.15) is 0 Å². The number of hydrogen-bond acceptors (Lipinski definition) is 3. The van der Waals surface area contributed by atoms with Gasteiger partial charge in [0.2, 0.25) is 0 Å². The minimum absolute atomic E-state index is 0.0159. The van der Waals surface area contributed by atoms with Crippen molar-refractivity contribution in [1.29, 1.82) is 0 Å². The van der Waals surface area contributed by atoms with E-state index in [0.29, 0.717) is 6.04 Å². The van der Waals surface area contributed by atoms with Crippen LogP contribution in [-0.4, -0.2) is 54.9 Å². The molecule has 1 saturated carbocycles. The van der Waals surface area contributed by atoms with E-state index in [1.807, 2.05) is 6.92 Å². The van der Waals surface area contributed by atoms with Crippen molar-refractivity contribution >= 4 is 6.03 Å². The Hall–Kier alpha value is -0.810. The zero-order valence-corrected chi connectivity index (χ0v) is 13.9. The Kier molecular flexibility index (Phi) is 5.58.